The van der Waals surface area contributed by atoms with Gasteiger partial charge in [0.15, 0.2) is 0 Å². The Morgan fingerprint density at radius 1 is 1.17 bits per heavy atom. The summed E-state index contributed by atoms with van der Waals surface area (Å²) < 4.78 is 6.90. The molecule has 5 rings (SSSR count). The van der Waals surface area contributed by atoms with Gasteiger partial charge in [-0.15, -0.1) is 5.10 Å². The minimum Gasteiger partial charge on any atom is -0.459 e. The Morgan fingerprint density at radius 2 is 2.00 bits per heavy atom. The molecule has 0 saturated heterocycles. The average molecular weight is 416 g/mol. The number of fused-ring (bicyclic) bond motifs is 5. The number of esters is 1. The number of hydrogen-bond donors (Lipinski definition) is 1. The fraction of sp³-hybridized carbons (Fsp3) is 0.875. The van der Waals surface area contributed by atoms with Crippen molar-refractivity contribution in [3.8, 4) is 0 Å². The van der Waals surface area contributed by atoms with Crippen molar-refractivity contribution < 1.29 is 14.6 Å². The Balaban J connectivity index is 1.38. The molecule has 1 N–H and O–H groups in total. The lowest BCUT2D eigenvalue weighted by Gasteiger charge is -2.60. The lowest BCUT2D eigenvalue weighted by molar-refractivity contribution is -0.142. The van der Waals surface area contributed by atoms with Gasteiger partial charge in [-0.05, 0) is 79.4 Å². The first-order chi connectivity index (χ1) is 14.3. The van der Waals surface area contributed by atoms with Crippen molar-refractivity contribution in [3.05, 3.63) is 11.9 Å². The third-order valence-corrected chi connectivity index (χ3v) is 9.88. The van der Waals surface area contributed by atoms with Crippen LogP contribution in [0.3, 0.4) is 0 Å². The van der Waals surface area contributed by atoms with E-state index in [0.717, 1.165) is 30.6 Å². The number of carbonyl (C=O) groups excluding carboxylic acids is 1. The number of aromatic nitrogens is 3. The second-order valence-electron chi connectivity index (χ2n) is 11.2. The minimum atomic E-state index is -0.399. The molecule has 0 amide bonds. The van der Waals surface area contributed by atoms with Crippen LogP contribution in [-0.2, 0) is 16.1 Å². The molecule has 0 bridgehead atoms. The lowest BCUT2D eigenvalue weighted by atomic mass is 9.45. The van der Waals surface area contributed by atoms with Crippen LogP contribution >= 0.6 is 0 Å². The summed E-state index contributed by atoms with van der Waals surface area (Å²) in [5.74, 6) is 2.69. The zero-order valence-corrected chi connectivity index (χ0v) is 18.7. The zero-order chi connectivity index (χ0) is 21.1. The Morgan fingerprint density at radius 3 is 2.80 bits per heavy atom. The van der Waals surface area contributed by atoms with Gasteiger partial charge in [0.25, 0.3) is 0 Å². The van der Waals surface area contributed by atoms with E-state index >= 15 is 0 Å². The first kappa shape index (κ1) is 20.5. The maximum atomic E-state index is 11.4. The topological polar surface area (TPSA) is 77.2 Å². The number of nitrogens with zero attached hydrogens (tertiary/aromatic N) is 3. The fourth-order valence-corrected chi connectivity index (χ4v) is 8.25. The Hall–Kier alpha value is -1.43. The first-order valence-corrected chi connectivity index (χ1v) is 12.0. The van der Waals surface area contributed by atoms with Crippen molar-refractivity contribution >= 4 is 5.97 Å². The van der Waals surface area contributed by atoms with Gasteiger partial charge in [0, 0.05) is 6.92 Å². The summed E-state index contributed by atoms with van der Waals surface area (Å²) in [6, 6.07) is -0.0331. The monoisotopic (exact) mass is 415 g/mol. The Bertz CT molecular complexity index is 809. The van der Waals surface area contributed by atoms with E-state index < -0.39 is 6.10 Å². The largest absolute Gasteiger partial charge is 0.459 e. The van der Waals surface area contributed by atoms with Crippen LogP contribution in [0, 0.1) is 34.5 Å². The quantitative estimate of drug-likeness (QED) is 0.746. The van der Waals surface area contributed by atoms with Crippen LogP contribution < -0.4 is 0 Å². The molecule has 4 aliphatic carbocycles. The SMILES string of the molecule is CC(=O)OCc1cn([C@H]2C[C@H]3[C@@H]4CC[C@H]5CCCC[C@]5(C)[C@H]4CC[C@]3(C)[C@@H]2O)nn1. The van der Waals surface area contributed by atoms with Crippen molar-refractivity contribution in [1.82, 2.24) is 15.0 Å². The van der Waals surface area contributed by atoms with Crippen LogP contribution in [0.5, 0.6) is 0 Å². The molecule has 1 aromatic heterocycles. The molecule has 4 fully saturated rings. The molecule has 0 spiro atoms. The fourth-order valence-electron chi connectivity index (χ4n) is 8.25. The molecule has 1 heterocycles. The van der Waals surface area contributed by atoms with Crippen LogP contribution in [0.15, 0.2) is 6.20 Å². The average Bonchev–Trinajstić information content (AvgIpc) is 3.29. The summed E-state index contributed by atoms with van der Waals surface area (Å²) in [5, 5.41) is 19.9. The smallest absolute Gasteiger partial charge is 0.303 e. The number of ether oxygens (including phenoxy) is 1. The van der Waals surface area contributed by atoms with Gasteiger partial charge in [-0.2, -0.15) is 0 Å². The molecular formula is C24H37N3O3. The Labute approximate surface area is 179 Å². The van der Waals surface area contributed by atoms with Gasteiger partial charge in [0.05, 0.1) is 18.3 Å². The molecule has 1 aromatic rings. The summed E-state index contributed by atoms with van der Waals surface area (Å²) in [6.45, 7) is 6.46. The maximum Gasteiger partial charge on any atom is 0.303 e. The molecule has 8 atom stereocenters. The van der Waals surface area contributed by atoms with Crippen molar-refractivity contribution in [1.29, 1.82) is 0 Å². The predicted octanol–water partition coefficient (Wildman–Crippen LogP) is 4.29. The van der Waals surface area contributed by atoms with E-state index in [9.17, 15) is 9.90 Å². The second-order valence-corrected chi connectivity index (χ2v) is 11.2. The van der Waals surface area contributed by atoms with Crippen LogP contribution in [0.1, 0.15) is 90.3 Å². The van der Waals surface area contributed by atoms with E-state index in [1.54, 1.807) is 0 Å². The molecule has 166 valence electrons. The molecule has 4 saturated carbocycles. The maximum absolute atomic E-state index is 11.4. The highest BCUT2D eigenvalue weighted by Crippen LogP contribution is 2.67. The number of aliphatic hydroxyl groups is 1. The van der Waals surface area contributed by atoms with E-state index in [1.807, 2.05) is 10.9 Å². The molecule has 4 aliphatic rings. The third kappa shape index (κ3) is 3.04. The van der Waals surface area contributed by atoms with E-state index in [2.05, 4.69) is 24.2 Å². The van der Waals surface area contributed by atoms with Crippen LogP contribution in [0.4, 0.5) is 0 Å². The van der Waals surface area contributed by atoms with Gasteiger partial charge in [-0.25, -0.2) is 4.68 Å². The molecule has 6 heteroatoms. The minimum absolute atomic E-state index is 0.0331. The van der Waals surface area contributed by atoms with Crippen molar-refractivity contribution in [2.75, 3.05) is 0 Å². The van der Waals surface area contributed by atoms with Crippen molar-refractivity contribution in [3.63, 3.8) is 0 Å². The summed E-state index contributed by atoms with van der Waals surface area (Å²) in [5.41, 5.74) is 1.12. The van der Waals surface area contributed by atoms with Crippen molar-refractivity contribution in [2.45, 2.75) is 97.3 Å². The standard InChI is InChI=1S/C24H37N3O3/c1-15(28)30-14-17-13-27(26-25-17)21-12-20-18-8-7-16-6-4-5-10-23(16,2)19(18)9-11-24(20,3)22(21)29/h13,16,18-22,29H,4-12,14H2,1-3H3/t16-,18-,19+,20+,21+,22-,23+,24+/m1/s1. The number of rotatable bonds is 3. The highest BCUT2D eigenvalue weighted by Gasteiger charge is 2.62. The van der Waals surface area contributed by atoms with Crippen LogP contribution in [0.25, 0.3) is 0 Å². The zero-order valence-electron chi connectivity index (χ0n) is 18.7. The summed E-state index contributed by atoms with van der Waals surface area (Å²) in [7, 11) is 0. The van der Waals surface area contributed by atoms with Gasteiger partial charge >= 0.3 is 5.97 Å². The van der Waals surface area contributed by atoms with Crippen LogP contribution in [-0.4, -0.2) is 32.2 Å². The summed E-state index contributed by atoms with van der Waals surface area (Å²) >= 11 is 0. The summed E-state index contributed by atoms with van der Waals surface area (Å²) in [6.07, 6.45) is 13.2. The van der Waals surface area contributed by atoms with Gasteiger partial charge in [-0.3, -0.25) is 4.79 Å². The van der Waals surface area contributed by atoms with E-state index in [-0.39, 0.29) is 24.0 Å². The third-order valence-electron chi connectivity index (χ3n) is 9.88. The van der Waals surface area contributed by atoms with Crippen LogP contribution in [0.2, 0.25) is 0 Å². The molecule has 0 aliphatic heterocycles. The van der Waals surface area contributed by atoms with Gasteiger partial charge in [0.2, 0.25) is 0 Å². The lowest BCUT2D eigenvalue weighted by Crippen LogP contribution is -2.53. The highest BCUT2D eigenvalue weighted by molar-refractivity contribution is 5.65. The van der Waals surface area contributed by atoms with E-state index in [1.165, 1.54) is 51.9 Å². The second kappa shape index (κ2) is 7.32. The highest BCUT2D eigenvalue weighted by atomic mass is 16.5. The molecule has 0 radical (unpaired) electrons. The first-order valence-electron chi connectivity index (χ1n) is 12.0. The number of aliphatic hydroxyl groups excluding tert-OH is 1. The van der Waals surface area contributed by atoms with Gasteiger partial charge in [0.1, 0.15) is 12.3 Å². The molecule has 0 aromatic carbocycles. The molecular weight excluding hydrogens is 378 g/mol. The van der Waals surface area contributed by atoms with Crippen molar-refractivity contribution in [2.24, 2.45) is 34.5 Å². The van der Waals surface area contributed by atoms with Gasteiger partial charge in [-0.1, -0.05) is 31.9 Å². The van der Waals surface area contributed by atoms with E-state index in [0.29, 0.717) is 17.0 Å². The Kier molecular flexibility index (Phi) is 4.99. The van der Waals surface area contributed by atoms with Gasteiger partial charge < -0.3 is 9.84 Å². The normalized spacial score (nSPS) is 45.3. The molecule has 6 nitrogen and oxygen atoms in total. The molecule has 30 heavy (non-hydrogen) atoms. The molecule has 0 unspecified atom stereocenters. The van der Waals surface area contributed by atoms with E-state index in [4.69, 9.17) is 4.74 Å². The summed E-state index contributed by atoms with van der Waals surface area (Å²) in [4.78, 5) is 11.1. The number of carbonyl (C=O) groups is 1. The predicted molar refractivity (Wildman–Crippen MR) is 112 cm³/mol. The number of hydrogen-bond acceptors (Lipinski definition) is 5.